The first-order valence-corrected chi connectivity index (χ1v) is 12.5. The molecule has 8 nitrogen and oxygen atoms in total. The molecule has 2 aromatic heterocycles. The van der Waals surface area contributed by atoms with E-state index in [2.05, 4.69) is 16.0 Å². The lowest BCUT2D eigenvalue weighted by molar-refractivity contribution is -0.124. The summed E-state index contributed by atoms with van der Waals surface area (Å²) in [6.07, 6.45) is 0.825. The summed E-state index contributed by atoms with van der Waals surface area (Å²) in [5.41, 5.74) is 2.70. The van der Waals surface area contributed by atoms with Crippen LogP contribution in [-0.2, 0) is 4.79 Å². The third-order valence-electron chi connectivity index (χ3n) is 5.76. The third-order valence-corrected chi connectivity index (χ3v) is 6.67. The quantitative estimate of drug-likeness (QED) is 0.292. The van der Waals surface area contributed by atoms with Gasteiger partial charge in [-0.2, -0.15) is 0 Å². The van der Waals surface area contributed by atoms with Crippen molar-refractivity contribution in [2.24, 2.45) is 0 Å². The van der Waals surface area contributed by atoms with Crippen LogP contribution in [0, 0.1) is 0 Å². The van der Waals surface area contributed by atoms with Crippen molar-refractivity contribution < 1.29 is 14.3 Å². The number of amides is 2. The number of fused-ring (bicyclic) bond motifs is 1. The van der Waals surface area contributed by atoms with Gasteiger partial charge in [0.1, 0.15) is 5.75 Å². The SMILES string of the molecule is CCC(C)(C)NC(=O)COc1cccc(-c2nc(Nc3ccc(C(=O)NC)cc3)c3sccc3n2)c1. The Hall–Kier alpha value is -3.98. The number of hydrogen-bond donors (Lipinski definition) is 3. The summed E-state index contributed by atoms with van der Waals surface area (Å²) in [7, 11) is 1.60. The smallest absolute Gasteiger partial charge is 0.258 e. The average Bonchev–Trinajstić information content (AvgIpc) is 3.36. The Balaban J connectivity index is 1.55. The van der Waals surface area contributed by atoms with Gasteiger partial charge in [0, 0.05) is 29.4 Å². The van der Waals surface area contributed by atoms with E-state index in [9.17, 15) is 9.59 Å². The summed E-state index contributed by atoms with van der Waals surface area (Å²) in [6, 6.07) is 16.5. The molecule has 0 aliphatic carbocycles. The number of anilines is 2. The van der Waals surface area contributed by atoms with Gasteiger partial charge in [-0.1, -0.05) is 19.1 Å². The van der Waals surface area contributed by atoms with Crippen LogP contribution in [-0.4, -0.2) is 41.0 Å². The molecule has 0 radical (unpaired) electrons. The number of thiophene rings is 1. The van der Waals surface area contributed by atoms with E-state index < -0.39 is 0 Å². The minimum absolute atomic E-state index is 0.0733. The number of ether oxygens (including phenoxy) is 1. The maximum atomic E-state index is 12.3. The summed E-state index contributed by atoms with van der Waals surface area (Å²) < 4.78 is 6.67. The number of nitrogens with one attached hydrogen (secondary N) is 3. The van der Waals surface area contributed by atoms with Gasteiger partial charge in [0.15, 0.2) is 18.2 Å². The van der Waals surface area contributed by atoms with Gasteiger partial charge in [0.25, 0.3) is 11.8 Å². The number of carbonyl (C=O) groups excluding carboxylic acids is 2. The van der Waals surface area contributed by atoms with Crippen LogP contribution in [0.4, 0.5) is 11.5 Å². The van der Waals surface area contributed by atoms with Gasteiger partial charge in [0.05, 0.1) is 10.2 Å². The second kappa shape index (κ2) is 10.7. The number of aromatic nitrogens is 2. The van der Waals surface area contributed by atoms with Crippen LogP contribution in [0.3, 0.4) is 0 Å². The Kier molecular flexibility index (Phi) is 7.49. The molecule has 2 heterocycles. The minimum Gasteiger partial charge on any atom is -0.484 e. The first-order valence-electron chi connectivity index (χ1n) is 11.7. The van der Waals surface area contributed by atoms with Crippen LogP contribution in [0.1, 0.15) is 37.6 Å². The molecule has 0 aliphatic rings. The predicted octanol–water partition coefficient (Wildman–Crippen LogP) is 5.15. The van der Waals surface area contributed by atoms with Crippen LogP contribution in [0.15, 0.2) is 60.0 Å². The fourth-order valence-electron chi connectivity index (χ4n) is 3.44. The van der Waals surface area contributed by atoms with Gasteiger partial charge in [-0.3, -0.25) is 9.59 Å². The number of benzene rings is 2. The second-order valence-electron chi connectivity index (χ2n) is 8.91. The molecule has 0 saturated carbocycles. The Labute approximate surface area is 214 Å². The number of carbonyl (C=O) groups is 2. The van der Waals surface area contributed by atoms with E-state index in [1.807, 2.05) is 62.5 Å². The van der Waals surface area contributed by atoms with Crippen molar-refractivity contribution in [1.29, 1.82) is 0 Å². The molecule has 0 unspecified atom stereocenters. The minimum atomic E-state index is -0.280. The van der Waals surface area contributed by atoms with Gasteiger partial charge in [-0.25, -0.2) is 9.97 Å². The van der Waals surface area contributed by atoms with E-state index in [1.165, 1.54) is 0 Å². The standard InChI is InChI=1S/C27H29N5O3S/c1-5-27(2,3)32-22(33)16-35-20-8-6-7-18(15-20)24-30-21-13-14-36-23(21)25(31-24)29-19-11-9-17(10-12-19)26(34)28-4/h6-15H,5,16H2,1-4H3,(H,28,34)(H,32,33)(H,29,30,31). The first-order chi connectivity index (χ1) is 17.3. The van der Waals surface area contributed by atoms with E-state index >= 15 is 0 Å². The highest BCUT2D eigenvalue weighted by Crippen LogP contribution is 2.32. The Morgan fingerprint density at radius 3 is 2.56 bits per heavy atom. The highest BCUT2D eigenvalue weighted by atomic mass is 32.1. The van der Waals surface area contributed by atoms with Crippen LogP contribution < -0.4 is 20.7 Å². The Bertz CT molecular complexity index is 1380. The third kappa shape index (κ3) is 5.98. The number of rotatable bonds is 9. The first kappa shape index (κ1) is 25.1. The lowest BCUT2D eigenvalue weighted by atomic mass is 10.0. The molecule has 4 rings (SSSR count). The van der Waals surface area contributed by atoms with Crippen molar-refractivity contribution in [2.45, 2.75) is 32.7 Å². The van der Waals surface area contributed by atoms with E-state index in [0.29, 0.717) is 23.0 Å². The van der Waals surface area contributed by atoms with E-state index in [-0.39, 0.29) is 24.0 Å². The molecule has 0 saturated heterocycles. The van der Waals surface area contributed by atoms with E-state index in [0.717, 1.165) is 27.9 Å². The fraction of sp³-hybridized carbons (Fsp3) is 0.259. The molecule has 36 heavy (non-hydrogen) atoms. The molecular weight excluding hydrogens is 474 g/mol. The summed E-state index contributed by atoms with van der Waals surface area (Å²) in [5.74, 6) is 1.46. The van der Waals surface area contributed by atoms with Crippen molar-refractivity contribution in [3.8, 4) is 17.1 Å². The zero-order valence-corrected chi connectivity index (χ0v) is 21.5. The lowest BCUT2D eigenvalue weighted by Crippen LogP contribution is -2.44. The van der Waals surface area contributed by atoms with Gasteiger partial charge >= 0.3 is 0 Å². The van der Waals surface area contributed by atoms with Crippen LogP contribution in [0.25, 0.3) is 21.6 Å². The average molecular weight is 504 g/mol. The van der Waals surface area contributed by atoms with Crippen LogP contribution in [0.5, 0.6) is 5.75 Å². The maximum absolute atomic E-state index is 12.3. The highest BCUT2D eigenvalue weighted by molar-refractivity contribution is 7.17. The molecular formula is C27H29N5O3S. The molecule has 2 aromatic carbocycles. The second-order valence-corrected chi connectivity index (χ2v) is 9.83. The summed E-state index contributed by atoms with van der Waals surface area (Å²) in [4.78, 5) is 33.6. The maximum Gasteiger partial charge on any atom is 0.258 e. The van der Waals surface area contributed by atoms with Crippen molar-refractivity contribution >= 4 is 44.9 Å². The van der Waals surface area contributed by atoms with Crippen molar-refractivity contribution in [2.75, 3.05) is 19.0 Å². The van der Waals surface area contributed by atoms with Crippen molar-refractivity contribution in [1.82, 2.24) is 20.6 Å². The van der Waals surface area contributed by atoms with Crippen molar-refractivity contribution in [3.05, 3.63) is 65.5 Å². The molecule has 0 fully saturated rings. The van der Waals surface area contributed by atoms with Gasteiger partial charge in [-0.05, 0) is 68.1 Å². The van der Waals surface area contributed by atoms with Crippen molar-refractivity contribution in [3.63, 3.8) is 0 Å². The normalized spacial score (nSPS) is 11.2. The number of hydrogen-bond acceptors (Lipinski definition) is 7. The molecule has 0 bridgehead atoms. The Morgan fingerprint density at radius 2 is 1.83 bits per heavy atom. The van der Waals surface area contributed by atoms with Crippen LogP contribution in [0.2, 0.25) is 0 Å². The topological polar surface area (TPSA) is 105 Å². The predicted molar refractivity (Wildman–Crippen MR) is 144 cm³/mol. The van der Waals surface area contributed by atoms with Gasteiger partial charge < -0.3 is 20.7 Å². The zero-order chi connectivity index (χ0) is 25.7. The summed E-state index contributed by atoms with van der Waals surface area (Å²) >= 11 is 1.55. The van der Waals surface area contributed by atoms with Gasteiger partial charge in [-0.15, -0.1) is 11.3 Å². The monoisotopic (exact) mass is 503 g/mol. The molecule has 4 aromatic rings. The molecule has 0 aliphatic heterocycles. The van der Waals surface area contributed by atoms with E-state index in [1.54, 1.807) is 36.6 Å². The fourth-order valence-corrected chi connectivity index (χ4v) is 4.21. The van der Waals surface area contributed by atoms with Gasteiger partial charge in [0.2, 0.25) is 0 Å². The summed E-state index contributed by atoms with van der Waals surface area (Å²) in [6.45, 7) is 5.91. The zero-order valence-electron chi connectivity index (χ0n) is 20.7. The van der Waals surface area contributed by atoms with Crippen LogP contribution >= 0.6 is 11.3 Å². The largest absolute Gasteiger partial charge is 0.484 e. The Morgan fingerprint density at radius 1 is 1.06 bits per heavy atom. The molecule has 2 amide bonds. The molecule has 9 heteroatoms. The highest BCUT2D eigenvalue weighted by Gasteiger charge is 2.18. The molecule has 3 N–H and O–H groups in total. The summed E-state index contributed by atoms with van der Waals surface area (Å²) in [5, 5.41) is 10.9. The molecule has 186 valence electrons. The van der Waals surface area contributed by atoms with E-state index in [4.69, 9.17) is 14.7 Å². The lowest BCUT2D eigenvalue weighted by Gasteiger charge is -2.24. The molecule has 0 atom stereocenters. The molecule has 0 spiro atoms. The number of nitrogens with zero attached hydrogens (tertiary/aromatic N) is 2.